The van der Waals surface area contributed by atoms with Gasteiger partial charge in [0.15, 0.2) is 5.71 Å². The topological polar surface area (TPSA) is 211 Å². The standard InChI is InChI=1S/C78H104N6O14S2/c1-59-23-28-68-71(55-59)96-45-39-82(40-46-97-72-56-60(2)24-29-69(72)81-37-43-94-50-48-92-41-35-80(68)36-42-93-49-51-95-44-38-81)70-30-25-61(57-73(70)98-52-47-91-7)58-79-76-62(26-31-74-77(3,4)64-19-8-10-21-66(64)83(74)33-12-14-53-99(85,86)87)17-16-18-63(76)27-32-75-78(5,6)65-20-9-11-22-67(65)84(75)34-13-15-54-100(88,89)90/h8-11,19-32,55-57H,12-18,33-54,58H2,1-7H3,(H2,85,86,87,88,89,90)/p+1. The summed E-state index contributed by atoms with van der Waals surface area (Å²) < 4.78 is 120. The van der Waals surface area contributed by atoms with Gasteiger partial charge in [-0.1, -0.05) is 80.6 Å². The van der Waals surface area contributed by atoms with Crippen LogP contribution in [0, 0.1) is 13.8 Å². The van der Waals surface area contributed by atoms with Crippen molar-refractivity contribution < 1.29 is 68.4 Å². The first-order valence-electron chi connectivity index (χ1n) is 35.5. The van der Waals surface area contributed by atoms with E-state index in [2.05, 4.69) is 186 Å². The summed E-state index contributed by atoms with van der Waals surface area (Å²) in [5.41, 5.74) is 15.2. The first-order chi connectivity index (χ1) is 48.2. The van der Waals surface area contributed by atoms with Crippen molar-refractivity contribution in [2.24, 2.45) is 0 Å². The molecule has 542 valence electrons. The Morgan fingerprint density at radius 3 is 1.72 bits per heavy atom. The van der Waals surface area contributed by atoms with E-state index in [0.29, 0.717) is 170 Å². The van der Waals surface area contributed by atoms with E-state index in [1.807, 2.05) is 12.1 Å². The van der Waals surface area contributed by atoms with Gasteiger partial charge in [0.2, 0.25) is 5.69 Å². The first kappa shape index (κ1) is 75.4. The molecule has 22 heteroatoms. The lowest BCUT2D eigenvalue weighted by atomic mass is 9.81. The lowest BCUT2D eigenvalue weighted by Gasteiger charge is -2.30. The van der Waals surface area contributed by atoms with Crippen LogP contribution in [-0.4, -0.2) is 186 Å². The normalized spacial score (nSPS) is 19.3. The maximum atomic E-state index is 11.8. The van der Waals surface area contributed by atoms with E-state index in [1.54, 1.807) is 7.11 Å². The Hall–Kier alpha value is -7.25. The Balaban J connectivity index is 1.02. The van der Waals surface area contributed by atoms with Crippen molar-refractivity contribution in [3.8, 4) is 17.2 Å². The number of hydrogen-bond acceptors (Lipinski definition) is 17. The summed E-state index contributed by atoms with van der Waals surface area (Å²) in [6, 6.07) is 35.9. The highest BCUT2D eigenvalue weighted by Gasteiger charge is 2.44. The number of nitrogens with one attached hydrogen (secondary N) is 1. The molecule has 1 aliphatic carbocycles. The molecule has 5 aliphatic heterocycles. The Morgan fingerprint density at radius 2 is 1.12 bits per heavy atom. The number of methoxy groups -OCH3 is 1. The van der Waals surface area contributed by atoms with E-state index >= 15 is 0 Å². The minimum absolute atomic E-state index is 0.296. The fraction of sp³-hybridized carbons (Fsp3) is 0.500. The van der Waals surface area contributed by atoms with E-state index < -0.39 is 20.2 Å². The third kappa shape index (κ3) is 20.3. The zero-order valence-electron chi connectivity index (χ0n) is 59.7. The second kappa shape index (κ2) is 35.6. The van der Waals surface area contributed by atoms with Gasteiger partial charge in [-0.15, -0.1) is 0 Å². The van der Waals surface area contributed by atoms with Gasteiger partial charge in [-0.2, -0.15) is 21.4 Å². The average Bonchev–Trinajstić information content (AvgIpc) is 1.60. The van der Waals surface area contributed by atoms with Crippen molar-refractivity contribution in [3.05, 3.63) is 178 Å². The number of unbranched alkanes of at least 4 members (excludes halogenated alkanes) is 2. The summed E-state index contributed by atoms with van der Waals surface area (Å²) in [7, 11) is -6.54. The molecule has 0 atom stereocenters. The SMILES string of the molecule is COCCOc1cc(CNC2=C(C=CC3=[N+](CCCCS(=O)(=O)O)c4ccccc4C3(C)C)CCCC2=CC=C2N(CCCCS(=O)(=O)O)c3ccccc3C2(C)C)ccc1N1CCOc2cc(C)ccc2N2CCOCCOCCN(CCOCCOCC2)c2ccc(C)cc2OCC1. The third-order valence-corrected chi connectivity index (χ3v) is 21.0. The van der Waals surface area contributed by atoms with Gasteiger partial charge in [0.05, 0.1) is 107 Å². The molecule has 5 aromatic rings. The molecule has 5 heterocycles. The van der Waals surface area contributed by atoms with Gasteiger partial charge in [0, 0.05) is 93.0 Å². The molecule has 20 nitrogen and oxygen atoms in total. The van der Waals surface area contributed by atoms with Crippen LogP contribution in [0.1, 0.15) is 100 Å². The van der Waals surface area contributed by atoms with E-state index in [4.69, 9.17) is 37.9 Å². The van der Waals surface area contributed by atoms with Crippen LogP contribution in [0.15, 0.2) is 150 Å². The molecule has 5 aromatic carbocycles. The van der Waals surface area contributed by atoms with Crippen molar-refractivity contribution in [2.75, 3.05) is 170 Å². The first-order valence-corrected chi connectivity index (χ1v) is 38.8. The van der Waals surface area contributed by atoms with Crippen LogP contribution in [0.25, 0.3) is 0 Å². The second-order valence-electron chi connectivity index (χ2n) is 27.3. The Bertz CT molecular complexity index is 3880. The highest BCUT2D eigenvalue weighted by Crippen LogP contribution is 2.48. The van der Waals surface area contributed by atoms with Crippen LogP contribution in [0.3, 0.4) is 0 Å². The van der Waals surface area contributed by atoms with E-state index in [9.17, 15) is 25.9 Å². The van der Waals surface area contributed by atoms with Gasteiger partial charge in [0.1, 0.15) is 43.6 Å². The molecule has 0 saturated carbocycles. The Kier molecular flexibility index (Phi) is 26.8. The maximum absolute atomic E-state index is 11.8. The number of anilines is 4. The van der Waals surface area contributed by atoms with Crippen molar-refractivity contribution in [2.45, 2.75) is 104 Å². The summed E-state index contributed by atoms with van der Waals surface area (Å²) >= 11 is 0. The number of hydrogen-bond donors (Lipinski definition) is 3. The van der Waals surface area contributed by atoms with Crippen LogP contribution in [-0.2, 0) is 61.3 Å². The average molecular weight is 1410 g/mol. The third-order valence-electron chi connectivity index (χ3n) is 19.4. The number of fused-ring (bicyclic) bond motifs is 22. The fourth-order valence-corrected chi connectivity index (χ4v) is 15.3. The molecule has 0 radical (unpaired) electrons. The predicted molar refractivity (Wildman–Crippen MR) is 397 cm³/mol. The molecule has 0 aromatic heterocycles. The monoisotopic (exact) mass is 1410 g/mol. The maximum Gasteiger partial charge on any atom is 0.264 e. The molecule has 0 amide bonds. The van der Waals surface area contributed by atoms with Crippen LogP contribution < -0.4 is 39.1 Å². The van der Waals surface area contributed by atoms with Gasteiger partial charge < -0.3 is 62.8 Å². The minimum atomic E-state index is -4.11. The molecule has 1 saturated heterocycles. The molecule has 2 bridgehead atoms. The summed E-state index contributed by atoms with van der Waals surface area (Å²) in [5, 5.41) is 4.00. The van der Waals surface area contributed by atoms with Gasteiger partial charge in [-0.25, -0.2) is 0 Å². The van der Waals surface area contributed by atoms with E-state index in [1.165, 1.54) is 11.1 Å². The minimum Gasteiger partial charge on any atom is -0.490 e. The fourth-order valence-electron chi connectivity index (χ4n) is 14.1. The van der Waals surface area contributed by atoms with Crippen LogP contribution >= 0.6 is 0 Å². The molecule has 1 fully saturated rings. The van der Waals surface area contributed by atoms with Crippen molar-refractivity contribution >= 4 is 54.4 Å². The molecule has 11 rings (SSSR count). The number of aryl methyl sites for hydroxylation is 2. The quantitative estimate of drug-likeness (QED) is 0.0270. The zero-order valence-corrected chi connectivity index (χ0v) is 61.3. The van der Waals surface area contributed by atoms with Crippen molar-refractivity contribution in [1.82, 2.24) is 5.32 Å². The highest BCUT2D eigenvalue weighted by atomic mass is 32.2. The van der Waals surface area contributed by atoms with E-state index in [-0.39, 0.29) is 22.3 Å². The number of rotatable bonds is 21. The van der Waals surface area contributed by atoms with Gasteiger partial charge in [-0.3, -0.25) is 9.11 Å². The molecule has 6 aliphatic rings. The second-order valence-corrected chi connectivity index (χ2v) is 30.5. The van der Waals surface area contributed by atoms with Gasteiger partial charge in [0.25, 0.3) is 20.2 Å². The summed E-state index contributed by atoms with van der Waals surface area (Å²) in [6.45, 7) is 23.4. The zero-order chi connectivity index (χ0) is 70.7. The highest BCUT2D eigenvalue weighted by molar-refractivity contribution is 7.86. The summed E-state index contributed by atoms with van der Waals surface area (Å²) in [4.78, 5) is 9.14. The smallest absolute Gasteiger partial charge is 0.264 e. The number of para-hydroxylation sites is 2. The molecule has 0 unspecified atom stereocenters. The number of ether oxygens (including phenoxy) is 8. The van der Waals surface area contributed by atoms with Crippen LogP contribution in [0.2, 0.25) is 0 Å². The number of allylic oxidation sites excluding steroid dienone is 7. The predicted octanol–water partition coefficient (Wildman–Crippen LogP) is 12.1. The van der Waals surface area contributed by atoms with Crippen LogP contribution in [0.4, 0.5) is 28.4 Å². The van der Waals surface area contributed by atoms with Crippen LogP contribution in [0.5, 0.6) is 17.2 Å². The molecular weight excluding hydrogens is 1310 g/mol. The number of nitrogens with zero attached hydrogens (tertiary/aromatic N) is 5. The van der Waals surface area contributed by atoms with Gasteiger partial charge >= 0.3 is 0 Å². The lowest BCUT2D eigenvalue weighted by molar-refractivity contribution is -0.438. The lowest BCUT2D eigenvalue weighted by Crippen LogP contribution is -2.34. The largest absolute Gasteiger partial charge is 0.490 e. The summed E-state index contributed by atoms with van der Waals surface area (Å²) in [5.74, 6) is 1.63. The molecule has 0 spiro atoms. The number of benzene rings is 5. The van der Waals surface area contributed by atoms with Crippen molar-refractivity contribution in [3.63, 3.8) is 0 Å². The molecule has 3 N–H and O–H groups in total. The summed E-state index contributed by atoms with van der Waals surface area (Å²) in [6.07, 6.45) is 13.3. The van der Waals surface area contributed by atoms with Crippen molar-refractivity contribution in [1.29, 1.82) is 0 Å². The Morgan fingerprint density at radius 1 is 0.570 bits per heavy atom. The van der Waals surface area contributed by atoms with E-state index in [0.717, 1.165) is 104 Å². The molecular formula is C78H105N6O14S2+. The molecule has 100 heavy (non-hydrogen) atoms. The Labute approximate surface area is 593 Å². The van der Waals surface area contributed by atoms with Gasteiger partial charge in [-0.05, 0) is 148 Å².